The van der Waals surface area contributed by atoms with Crippen LogP contribution in [0.1, 0.15) is 57.4 Å². The van der Waals surface area contributed by atoms with Gasteiger partial charge in [-0.15, -0.1) is 0 Å². The first-order valence-electron chi connectivity index (χ1n) is 9.11. The minimum Gasteiger partial charge on any atom is -0.483 e. The Balaban J connectivity index is 1.92. The van der Waals surface area contributed by atoms with Crippen LogP contribution in [0.15, 0.2) is 10.7 Å². The van der Waals surface area contributed by atoms with Gasteiger partial charge in [0.2, 0.25) is 0 Å². The number of carbonyl (C=O) groups excluding carboxylic acids is 1. The Labute approximate surface area is 151 Å². The molecule has 2 amide bonds. The number of ether oxygens (including phenoxy) is 1. The van der Waals surface area contributed by atoms with Crippen LogP contribution >= 0.6 is 0 Å². The Morgan fingerprint density at radius 3 is 2.73 bits per heavy atom. The van der Waals surface area contributed by atoms with Gasteiger partial charge in [-0.3, -0.25) is 0 Å². The van der Waals surface area contributed by atoms with Crippen molar-refractivity contribution in [2.75, 3.05) is 5.32 Å². The fourth-order valence-electron chi connectivity index (χ4n) is 4.46. The summed E-state index contributed by atoms with van der Waals surface area (Å²) in [5.41, 5.74) is 6.62. The summed E-state index contributed by atoms with van der Waals surface area (Å²) in [5, 5.41) is 21.5. The lowest BCUT2D eigenvalue weighted by molar-refractivity contribution is -0.0713. The van der Waals surface area contributed by atoms with E-state index in [0.717, 1.165) is 31.2 Å². The number of benzene rings is 1. The minimum absolute atomic E-state index is 0.108. The third-order valence-corrected chi connectivity index (χ3v) is 5.71. The number of urea groups is 1. The van der Waals surface area contributed by atoms with Crippen molar-refractivity contribution >= 4 is 22.8 Å². The van der Waals surface area contributed by atoms with Crippen LogP contribution in [0.3, 0.4) is 0 Å². The van der Waals surface area contributed by atoms with E-state index in [9.17, 15) is 9.90 Å². The maximum atomic E-state index is 11.6. The highest BCUT2D eigenvalue weighted by atomic mass is 16.6. The summed E-state index contributed by atoms with van der Waals surface area (Å²) in [6, 6.07) is 1.13. The molecule has 0 saturated heterocycles. The maximum Gasteiger partial charge on any atom is 0.316 e. The first-order chi connectivity index (χ1) is 12.4. The fraction of sp³-hybridized carbons (Fsp3) is 0.611. The number of primary amides is 1. The van der Waals surface area contributed by atoms with Gasteiger partial charge in [0.1, 0.15) is 28.7 Å². The standard InChI is InChI=1S/C18H24N4O4/c1-18(2)16(23)12(9-6-4-3-5-7-9)10-8-11-13(22-26-21-11)14(15(10)25-18)20-17(19)24/h8-9,12,16,23H,3-7H2,1-2H3,(H3,19,20,24). The molecule has 2 atom stereocenters. The molecule has 4 rings (SSSR count). The number of rotatable bonds is 2. The number of carbonyl (C=O) groups is 1. The van der Waals surface area contributed by atoms with Gasteiger partial charge in [0.25, 0.3) is 0 Å². The van der Waals surface area contributed by atoms with Crippen molar-refractivity contribution in [1.82, 2.24) is 10.3 Å². The number of hydrogen-bond acceptors (Lipinski definition) is 6. The van der Waals surface area contributed by atoms with Crippen LogP contribution in [0.4, 0.5) is 10.5 Å². The van der Waals surface area contributed by atoms with E-state index in [2.05, 4.69) is 15.6 Å². The number of fused-ring (bicyclic) bond motifs is 2. The number of aliphatic hydroxyl groups excluding tert-OH is 1. The lowest BCUT2D eigenvalue weighted by atomic mass is 9.69. The molecule has 0 bridgehead atoms. The zero-order chi connectivity index (χ0) is 18.5. The molecule has 1 aliphatic carbocycles. The lowest BCUT2D eigenvalue weighted by Gasteiger charge is -2.46. The van der Waals surface area contributed by atoms with Gasteiger partial charge in [-0.1, -0.05) is 19.3 Å². The predicted molar refractivity (Wildman–Crippen MR) is 95.0 cm³/mol. The van der Waals surface area contributed by atoms with Gasteiger partial charge in [-0.2, -0.15) is 0 Å². The highest BCUT2D eigenvalue weighted by molar-refractivity contribution is 6.01. The Bertz CT molecular complexity index is 841. The summed E-state index contributed by atoms with van der Waals surface area (Å²) in [4.78, 5) is 11.6. The van der Waals surface area contributed by atoms with Crippen molar-refractivity contribution in [3.63, 3.8) is 0 Å². The summed E-state index contributed by atoms with van der Waals surface area (Å²) in [7, 11) is 0. The van der Waals surface area contributed by atoms with Crippen LogP contribution < -0.4 is 15.8 Å². The molecule has 8 nitrogen and oxygen atoms in total. The maximum absolute atomic E-state index is 11.6. The number of amides is 2. The van der Waals surface area contributed by atoms with Crippen LogP contribution in [0.25, 0.3) is 11.0 Å². The summed E-state index contributed by atoms with van der Waals surface area (Å²) in [6.45, 7) is 3.71. The highest BCUT2D eigenvalue weighted by Gasteiger charge is 2.47. The number of anilines is 1. The number of hydrogen-bond donors (Lipinski definition) is 3. The number of nitrogens with zero attached hydrogens (tertiary/aromatic N) is 2. The molecule has 1 aromatic carbocycles. The number of nitrogens with two attached hydrogens (primary N) is 1. The average molecular weight is 360 g/mol. The van der Waals surface area contributed by atoms with Gasteiger partial charge in [0.15, 0.2) is 5.52 Å². The number of nitrogens with one attached hydrogen (secondary N) is 1. The Hall–Kier alpha value is -2.35. The van der Waals surface area contributed by atoms with Gasteiger partial charge < -0.3 is 20.9 Å². The van der Waals surface area contributed by atoms with E-state index in [1.54, 1.807) is 0 Å². The van der Waals surface area contributed by atoms with Gasteiger partial charge in [-0.05, 0) is 49.0 Å². The third-order valence-electron chi connectivity index (χ3n) is 5.71. The summed E-state index contributed by atoms with van der Waals surface area (Å²) in [5.74, 6) is 0.737. The third kappa shape index (κ3) is 2.68. The molecule has 1 saturated carbocycles. The smallest absolute Gasteiger partial charge is 0.316 e. The first kappa shape index (κ1) is 17.1. The van der Waals surface area contributed by atoms with Crippen molar-refractivity contribution < 1.29 is 19.3 Å². The second-order valence-corrected chi connectivity index (χ2v) is 7.87. The van der Waals surface area contributed by atoms with Crippen LogP contribution in [0.5, 0.6) is 5.75 Å². The second-order valence-electron chi connectivity index (χ2n) is 7.87. The molecule has 2 aromatic rings. The van der Waals surface area contributed by atoms with Crippen LogP contribution in [0, 0.1) is 5.92 Å². The Kier molecular flexibility index (Phi) is 4.02. The van der Waals surface area contributed by atoms with Crippen molar-refractivity contribution in [3.05, 3.63) is 11.6 Å². The molecule has 1 aliphatic heterocycles. The largest absolute Gasteiger partial charge is 0.483 e. The predicted octanol–water partition coefficient (Wildman–Crippen LogP) is 2.91. The van der Waals surface area contributed by atoms with E-state index in [1.807, 2.05) is 19.9 Å². The number of aliphatic hydroxyl groups is 1. The van der Waals surface area contributed by atoms with E-state index in [0.29, 0.717) is 28.4 Å². The van der Waals surface area contributed by atoms with Crippen molar-refractivity contribution in [2.24, 2.45) is 11.7 Å². The topological polar surface area (TPSA) is 124 Å². The lowest BCUT2D eigenvalue weighted by Crippen LogP contribution is -2.51. The van der Waals surface area contributed by atoms with Gasteiger partial charge in [0.05, 0.1) is 0 Å². The van der Waals surface area contributed by atoms with E-state index < -0.39 is 17.7 Å². The average Bonchev–Trinajstić information content (AvgIpc) is 3.05. The highest BCUT2D eigenvalue weighted by Crippen LogP contribution is 2.52. The molecule has 0 radical (unpaired) electrons. The normalized spacial score (nSPS) is 25.5. The summed E-state index contributed by atoms with van der Waals surface area (Å²) in [6.07, 6.45) is 5.00. The van der Waals surface area contributed by atoms with E-state index in [1.165, 1.54) is 6.42 Å². The molecule has 2 aliphatic rings. The molecule has 8 heteroatoms. The van der Waals surface area contributed by atoms with Crippen LogP contribution in [0.2, 0.25) is 0 Å². The molecule has 140 valence electrons. The van der Waals surface area contributed by atoms with Crippen LogP contribution in [-0.2, 0) is 0 Å². The number of aromatic nitrogens is 2. The second kappa shape index (κ2) is 6.12. The molecule has 2 heterocycles. The molecule has 4 N–H and O–H groups in total. The Morgan fingerprint density at radius 1 is 1.31 bits per heavy atom. The quantitative estimate of drug-likeness (QED) is 0.756. The van der Waals surface area contributed by atoms with Gasteiger partial charge >= 0.3 is 6.03 Å². The molecule has 1 fully saturated rings. The minimum atomic E-state index is -0.811. The van der Waals surface area contributed by atoms with E-state index >= 15 is 0 Å². The molecule has 1 aromatic heterocycles. The van der Waals surface area contributed by atoms with Gasteiger partial charge in [-0.25, -0.2) is 9.42 Å². The molecule has 26 heavy (non-hydrogen) atoms. The molecule has 2 unspecified atom stereocenters. The van der Waals surface area contributed by atoms with E-state index in [-0.39, 0.29) is 5.92 Å². The van der Waals surface area contributed by atoms with E-state index in [4.69, 9.17) is 15.1 Å². The van der Waals surface area contributed by atoms with Crippen LogP contribution in [-0.4, -0.2) is 33.2 Å². The zero-order valence-electron chi connectivity index (χ0n) is 15.0. The SMILES string of the molecule is CC1(C)Oc2c(cc3nonc3c2NC(N)=O)C(C2CCCCC2)C1O. The van der Waals surface area contributed by atoms with Crippen molar-refractivity contribution in [1.29, 1.82) is 0 Å². The summed E-state index contributed by atoms with van der Waals surface area (Å²) >= 11 is 0. The van der Waals surface area contributed by atoms with Crippen molar-refractivity contribution in [2.45, 2.75) is 63.6 Å². The fourth-order valence-corrected chi connectivity index (χ4v) is 4.46. The van der Waals surface area contributed by atoms with Crippen molar-refractivity contribution in [3.8, 4) is 5.75 Å². The molecule has 0 spiro atoms. The van der Waals surface area contributed by atoms with Gasteiger partial charge in [0, 0.05) is 11.5 Å². The molecular weight excluding hydrogens is 336 g/mol. The summed E-state index contributed by atoms with van der Waals surface area (Å²) < 4.78 is 11.0. The first-order valence-corrected chi connectivity index (χ1v) is 9.11. The zero-order valence-corrected chi connectivity index (χ0v) is 15.0. The Morgan fingerprint density at radius 2 is 2.04 bits per heavy atom. The molecular formula is C18H24N4O4. The monoisotopic (exact) mass is 360 g/mol.